The van der Waals surface area contributed by atoms with Crippen LogP contribution in [0.5, 0.6) is 0 Å². The Labute approximate surface area is 123 Å². The van der Waals surface area contributed by atoms with Crippen molar-refractivity contribution in [3.63, 3.8) is 0 Å². The first-order chi connectivity index (χ1) is 9.63. The molecule has 0 bridgehead atoms. The van der Waals surface area contributed by atoms with Crippen LogP contribution in [0, 0.1) is 10.1 Å². The highest BCUT2D eigenvalue weighted by Crippen LogP contribution is 2.27. The number of sulfonamides is 1. The third-order valence-corrected chi connectivity index (χ3v) is 4.39. The fourth-order valence-electron chi connectivity index (χ4n) is 1.86. The third kappa shape index (κ3) is 4.38. The number of methoxy groups -OCH3 is 1. The third-order valence-electron chi connectivity index (χ3n) is 2.65. The Morgan fingerprint density at radius 1 is 1.38 bits per heavy atom. The average molecular weight is 317 g/mol. The van der Waals surface area contributed by atoms with Crippen LogP contribution in [-0.4, -0.2) is 39.6 Å². The standard InChI is InChI=1S/C12H19N3O5S/c1-12(2,8-20-4)14-21(18,19)11-7-9(15(16)17)5-6-10(11)13-3/h5-7,13-14H,8H2,1-4H3. The van der Waals surface area contributed by atoms with Crippen LogP contribution >= 0.6 is 0 Å². The molecule has 1 rings (SSSR count). The summed E-state index contributed by atoms with van der Waals surface area (Å²) in [6.45, 7) is 3.48. The molecule has 0 saturated carbocycles. The number of non-ortho nitro benzene ring substituents is 1. The molecule has 8 nitrogen and oxygen atoms in total. The first-order valence-corrected chi connectivity index (χ1v) is 7.60. The summed E-state index contributed by atoms with van der Waals surface area (Å²) in [4.78, 5) is 10.00. The maximum atomic E-state index is 12.4. The van der Waals surface area contributed by atoms with Crippen molar-refractivity contribution in [1.29, 1.82) is 0 Å². The molecule has 1 aromatic rings. The Bertz CT molecular complexity index is 628. The predicted molar refractivity (Wildman–Crippen MR) is 78.9 cm³/mol. The van der Waals surface area contributed by atoms with Crippen LogP contribution < -0.4 is 10.0 Å². The van der Waals surface area contributed by atoms with E-state index in [1.807, 2.05) is 0 Å². The van der Waals surface area contributed by atoms with E-state index in [0.717, 1.165) is 6.07 Å². The summed E-state index contributed by atoms with van der Waals surface area (Å²) in [5, 5.41) is 13.5. The molecule has 0 saturated heterocycles. The van der Waals surface area contributed by atoms with Gasteiger partial charge in [-0.25, -0.2) is 13.1 Å². The van der Waals surface area contributed by atoms with Gasteiger partial charge in [-0.1, -0.05) is 0 Å². The van der Waals surface area contributed by atoms with Gasteiger partial charge in [0.25, 0.3) is 5.69 Å². The van der Waals surface area contributed by atoms with E-state index in [0.29, 0.717) is 0 Å². The zero-order valence-corrected chi connectivity index (χ0v) is 13.2. The molecule has 0 aliphatic rings. The van der Waals surface area contributed by atoms with Crippen LogP contribution in [-0.2, 0) is 14.8 Å². The van der Waals surface area contributed by atoms with Crippen LogP contribution in [0.25, 0.3) is 0 Å². The van der Waals surface area contributed by atoms with E-state index in [-0.39, 0.29) is 22.9 Å². The summed E-state index contributed by atoms with van der Waals surface area (Å²) in [6, 6.07) is 3.62. The Balaban J connectivity index is 3.29. The Kier molecular flexibility index (Phi) is 5.26. The van der Waals surface area contributed by atoms with E-state index in [1.54, 1.807) is 20.9 Å². The van der Waals surface area contributed by atoms with Crippen LogP contribution in [0.4, 0.5) is 11.4 Å². The smallest absolute Gasteiger partial charge is 0.270 e. The van der Waals surface area contributed by atoms with Crippen molar-refractivity contribution in [3.8, 4) is 0 Å². The molecule has 9 heteroatoms. The maximum absolute atomic E-state index is 12.4. The predicted octanol–water partition coefficient (Wildman–Crippen LogP) is 1.34. The molecule has 118 valence electrons. The summed E-state index contributed by atoms with van der Waals surface area (Å²) in [7, 11) is -0.933. The van der Waals surface area contributed by atoms with Crippen LogP contribution in [0.3, 0.4) is 0 Å². The second kappa shape index (κ2) is 6.37. The van der Waals surface area contributed by atoms with E-state index in [4.69, 9.17) is 4.74 Å². The van der Waals surface area contributed by atoms with E-state index in [1.165, 1.54) is 19.2 Å². The number of hydrogen-bond acceptors (Lipinski definition) is 6. The molecule has 0 radical (unpaired) electrons. The minimum atomic E-state index is -3.94. The highest BCUT2D eigenvalue weighted by molar-refractivity contribution is 7.89. The SMILES string of the molecule is CNc1ccc([N+](=O)[O-])cc1S(=O)(=O)NC(C)(C)COC. The average Bonchev–Trinajstić information content (AvgIpc) is 2.36. The van der Waals surface area contributed by atoms with E-state index < -0.39 is 20.5 Å². The molecule has 2 N–H and O–H groups in total. The normalized spacial score (nSPS) is 12.2. The fraction of sp³-hybridized carbons (Fsp3) is 0.500. The number of hydrogen-bond donors (Lipinski definition) is 2. The second-order valence-corrected chi connectivity index (χ2v) is 6.76. The number of nitrogens with zero attached hydrogens (tertiary/aromatic N) is 1. The van der Waals surface area contributed by atoms with Crippen molar-refractivity contribution in [2.45, 2.75) is 24.3 Å². The van der Waals surface area contributed by atoms with Gasteiger partial charge in [-0.05, 0) is 19.9 Å². The number of nitrogens with one attached hydrogen (secondary N) is 2. The molecular formula is C12H19N3O5S. The molecule has 0 aromatic heterocycles. The summed E-state index contributed by atoms with van der Waals surface area (Å²) < 4.78 is 32.3. The maximum Gasteiger partial charge on any atom is 0.270 e. The first-order valence-electron chi connectivity index (χ1n) is 6.12. The van der Waals surface area contributed by atoms with Crippen molar-refractivity contribution in [1.82, 2.24) is 4.72 Å². The lowest BCUT2D eigenvalue weighted by atomic mass is 10.1. The molecule has 0 spiro atoms. The molecule has 21 heavy (non-hydrogen) atoms. The molecule has 1 aromatic carbocycles. The fourth-order valence-corrected chi connectivity index (χ4v) is 3.49. The summed E-state index contributed by atoms with van der Waals surface area (Å²) in [5.41, 5.74) is -0.858. The lowest BCUT2D eigenvalue weighted by Crippen LogP contribution is -2.46. The summed E-state index contributed by atoms with van der Waals surface area (Å²) in [5.74, 6) is 0. The minimum Gasteiger partial charge on any atom is -0.387 e. The summed E-state index contributed by atoms with van der Waals surface area (Å²) in [6.07, 6.45) is 0. The number of benzene rings is 1. The topological polar surface area (TPSA) is 111 Å². The van der Waals surface area contributed by atoms with Crippen LogP contribution in [0.2, 0.25) is 0 Å². The van der Waals surface area contributed by atoms with E-state index in [9.17, 15) is 18.5 Å². The molecule has 0 unspecified atom stereocenters. The quantitative estimate of drug-likeness (QED) is 0.580. The molecule has 0 aliphatic carbocycles. The van der Waals surface area contributed by atoms with Crippen molar-refractivity contribution in [2.24, 2.45) is 0 Å². The minimum absolute atomic E-state index is 0.163. The molecule has 0 atom stereocenters. The van der Waals surface area contributed by atoms with Gasteiger partial charge in [-0.2, -0.15) is 0 Å². The first kappa shape index (κ1) is 17.3. The lowest BCUT2D eigenvalue weighted by Gasteiger charge is -2.25. The monoisotopic (exact) mass is 317 g/mol. The Morgan fingerprint density at radius 3 is 2.48 bits per heavy atom. The molecular weight excluding hydrogens is 298 g/mol. The summed E-state index contributed by atoms with van der Waals surface area (Å²) >= 11 is 0. The number of nitro benzene ring substituents is 1. The van der Waals surface area contributed by atoms with Gasteiger partial charge in [0.15, 0.2) is 0 Å². The van der Waals surface area contributed by atoms with E-state index >= 15 is 0 Å². The lowest BCUT2D eigenvalue weighted by molar-refractivity contribution is -0.385. The zero-order valence-electron chi connectivity index (χ0n) is 12.3. The van der Waals surface area contributed by atoms with Gasteiger partial charge >= 0.3 is 0 Å². The van der Waals surface area contributed by atoms with Crippen molar-refractivity contribution in [3.05, 3.63) is 28.3 Å². The van der Waals surface area contributed by atoms with Gasteiger partial charge in [0.1, 0.15) is 4.90 Å². The van der Waals surface area contributed by atoms with Gasteiger partial charge in [0, 0.05) is 26.3 Å². The van der Waals surface area contributed by atoms with Crippen LogP contribution in [0.1, 0.15) is 13.8 Å². The molecule has 0 heterocycles. The van der Waals surface area contributed by atoms with Crippen LogP contribution in [0.15, 0.2) is 23.1 Å². The second-order valence-electron chi connectivity index (χ2n) is 5.11. The molecule has 0 fully saturated rings. The van der Waals surface area contributed by atoms with Crippen molar-refractivity contribution in [2.75, 3.05) is 26.1 Å². The highest BCUT2D eigenvalue weighted by atomic mass is 32.2. The molecule has 0 aliphatic heterocycles. The largest absolute Gasteiger partial charge is 0.387 e. The van der Waals surface area contributed by atoms with Crippen molar-refractivity contribution < 1.29 is 18.1 Å². The van der Waals surface area contributed by atoms with Crippen molar-refractivity contribution >= 4 is 21.4 Å². The number of anilines is 1. The van der Waals surface area contributed by atoms with Gasteiger partial charge in [-0.3, -0.25) is 10.1 Å². The highest BCUT2D eigenvalue weighted by Gasteiger charge is 2.29. The van der Waals surface area contributed by atoms with Gasteiger partial charge in [-0.15, -0.1) is 0 Å². The Morgan fingerprint density at radius 2 is 2.00 bits per heavy atom. The number of rotatable bonds is 7. The van der Waals surface area contributed by atoms with Gasteiger partial charge in [0.05, 0.1) is 22.8 Å². The molecule has 0 amide bonds. The zero-order chi connectivity index (χ0) is 16.3. The van der Waals surface area contributed by atoms with E-state index in [2.05, 4.69) is 10.0 Å². The number of nitro groups is 1. The Hall–Kier alpha value is -1.71. The van der Waals surface area contributed by atoms with Gasteiger partial charge < -0.3 is 10.1 Å². The number of ether oxygens (including phenoxy) is 1. The van der Waals surface area contributed by atoms with Gasteiger partial charge in [0.2, 0.25) is 10.0 Å².